The fourth-order valence-electron chi connectivity index (χ4n) is 0.781. The van der Waals surface area contributed by atoms with E-state index >= 15 is 0 Å². The van der Waals surface area contributed by atoms with E-state index in [1.54, 1.807) is 6.08 Å². The van der Waals surface area contributed by atoms with Gasteiger partial charge in [0.15, 0.2) is 0 Å². The molecule has 0 spiro atoms. The molecule has 1 saturated heterocycles. The van der Waals surface area contributed by atoms with Gasteiger partial charge in [0.1, 0.15) is 0 Å². The normalized spacial score (nSPS) is 30.9. The van der Waals surface area contributed by atoms with E-state index in [1.807, 2.05) is 6.92 Å². The van der Waals surface area contributed by atoms with Gasteiger partial charge in [-0.25, -0.2) is 4.79 Å². The Labute approximate surface area is 59.3 Å². The molecule has 0 radical (unpaired) electrons. The van der Waals surface area contributed by atoms with Crippen molar-refractivity contribution in [3.63, 3.8) is 0 Å². The summed E-state index contributed by atoms with van der Waals surface area (Å²) in [7, 11) is 0. The molecule has 1 N–H and O–H groups in total. The van der Waals surface area contributed by atoms with Crippen LogP contribution in [0.5, 0.6) is 0 Å². The topological polar surface area (TPSA) is 49.8 Å². The molecule has 0 amide bonds. The minimum Gasteiger partial charge on any atom is -0.478 e. The van der Waals surface area contributed by atoms with Gasteiger partial charge in [-0.2, -0.15) is 0 Å². The molecule has 0 aromatic rings. The first-order valence-corrected chi connectivity index (χ1v) is 3.25. The van der Waals surface area contributed by atoms with Crippen molar-refractivity contribution in [3.8, 4) is 0 Å². The van der Waals surface area contributed by atoms with E-state index < -0.39 is 5.97 Å². The van der Waals surface area contributed by atoms with Gasteiger partial charge in [0.25, 0.3) is 0 Å². The lowest BCUT2D eigenvalue weighted by Crippen LogP contribution is -1.89. The summed E-state index contributed by atoms with van der Waals surface area (Å²) < 4.78 is 5.05. The number of ether oxygens (including phenoxy) is 1. The van der Waals surface area contributed by atoms with Crippen LogP contribution in [0, 0.1) is 0 Å². The van der Waals surface area contributed by atoms with Crippen molar-refractivity contribution in [1.82, 2.24) is 0 Å². The zero-order valence-corrected chi connectivity index (χ0v) is 5.78. The van der Waals surface area contributed by atoms with Crippen LogP contribution in [0.1, 0.15) is 13.3 Å². The molecule has 0 aromatic carbocycles. The fourth-order valence-corrected chi connectivity index (χ4v) is 0.781. The molecule has 3 heteroatoms. The highest BCUT2D eigenvalue weighted by atomic mass is 16.6. The summed E-state index contributed by atoms with van der Waals surface area (Å²) in [5, 5.41) is 8.19. The van der Waals surface area contributed by atoms with Crippen LogP contribution in [0.15, 0.2) is 12.2 Å². The summed E-state index contributed by atoms with van der Waals surface area (Å²) in [6, 6.07) is 0. The van der Waals surface area contributed by atoms with Crippen molar-refractivity contribution in [3.05, 3.63) is 12.2 Å². The molecular weight excluding hydrogens is 132 g/mol. The first-order chi connectivity index (χ1) is 4.70. The molecule has 0 bridgehead atoms. The summed E-state index contributed by atoms with van der Waals surface area (Å²) in [6.07, 6.45) is 4.06. The Hall–Kier alpha value is -0.830. The highest BCUT2D eigenvalue weighted by molar-refractivity contribution is 5.79. The summed E-state index contributed by atoms with van der Waals surface area (Å²) in [6.45, 7) is 1.97. The monoisotopic (exact) mass is 142 g/mol. The smallest absolute Gasteiger partial charge is 0.327 e. The van der Waals surface area contributed by atoms with E-state index in [-0.39, 0.29) is 6.10 Å². The Bertz CT molecular complexity index is 162. The standard InChI is InChI=1S/C7H10O3/c1-5-6(10-5)3-2-4-7(8)9/h2,4-6H,3H2,1H3,(H,8,9). The predicted molar refractivity (Wildman–Crippen MR) is 35.7 cm³/mol. The second kappa shape index (κ2) is 2.84. The Morgan fingerprint density at radius 1 is 1.80 bits per heavy atom. The van der Waals surface area contributed by atoms with Crippen molar-refractivity contribution in [2.45, 2.75) is 25.6 Å². The molecule has 1 aliphatic rings. The number of aliphatic carboxylic acids is 1. The van der Waals surface area contributed by atoms with Gasteiger partial charge >= 0.3 is 5.97 Å². The van der Waals surface area contributed by atoms with E-state index in [4.69, 9.17) is 9.84 Å². The molecule has 2 atom stereocenters. The predicted octanol–water partition coefficient (Wildman–Crippen LogP) is 0.805. The average Bonchev–Trinajstić information content (AvgIpc) is 2.46. The first-order valence-electron chi connectivity index (χ1n) is 3.25. The van der Waals surface area contributed by atoms with Gasteiger partial charge in [-0.15, -0.1) is 0 Å². The molecule has 0 saturated carbocycles. The third-order valence-electron chi connectivity index (χ3n) is 1.47. The summed E-state index contributed by atoms with van der Waals surface area (Å²) in [5.41, 5.74) is 0. The molecule has 1 fully saturated rings. The Morgan fingerprint density at radius 3 is 2.80 bits per heavy atom. The van der Waals surface area contributed by atoms with E-state index in [9.17, 15) is 4.79 Å². The van der Waals surface area contributed by atoms with E-state index in [1.165, 1.54) is 0 Å². The molecular formula is C7H10O3. The quantitative estimate of drug-likeness (QED) is 0.468. The van der Waals surface area contributed by atoms with Crippen molar-refractivity contribution < 1.29 is 14.6 Å². The molecule has 0 aromatic heterocycles. The molecule has 1 rings (SSSR count). The largest absolute Gasteiger partial charge is 0.478 e. The van der Waals surface area contributed by atoms with Gasteiger partial charge < -0.3 is 9.84 Å². The van der Waals surface area contributed by atoms with Gasteiger partial charge in [0.05, 0.1) is 12.2 Å². The average molecular weight is 142 g/mol. The molecule has 56 valence electrons. The van der Waals surface area contributed by atoms with Gasteiger partial charge in [0.2, 0.25) is 0 Å². The molecule has 0 aliphatic carbocycles. The van der Waals surface area contributed by atoms with Crippen molar-refractivity contribution in [2.24, 2.45) is 0 Å². The van der Waals surface area contributed by atoms with Crippen molar-refractivity contribution in [2.75, 3.05) is 0 Å². The van der Waals surface area contributed by atoms with Gasteiger partial charge in [0, 0.05) is 6.08 Å². The molecule has 1 aliphatic heterocycles. The Balaban J connectivity index is 2.11. The highest BCUT2D eigenvalue weighted by Crippen LogP contribution is 2.24. The van der Waals surface area contributed by atoms with E-state index in [2.05, 4.69) is 0 Å². The number of carbonyl (C=O) groups is 1. The SMILES string of the molecule is CC1OC1CC=CC(=O)O. The maximum absolute atomic E-state index is 9.96. The van der Waals surface area contributed by atoms with E-state index in [0.29, 0.717) is 12.5 Å². The Morgan fingerprint density at radius 2 is 2.40 bits per heavy atom. The third kappa shape index (κ3) is 2.19. The first kappa shape index (κ1) is 7.28. The maximum atomic E-state index is 9.96. The number of rotatable bonds is 3. The van der Waals surface area contributed by atoms with Crippen LogP contribution < -0.4 is 0 Å². The van der Waals surface area contributed by atoms with Gasteiger partial charge in [-0.3, -0.25) is 0 Å². The number of epoxide rings is 1. The van der Waals surface area contributed by atoms with Gasteiger partial charge in [-0.05, 0) is 13.3 Å². The summed E-state index contributed by atoms with van der Waals surface area (Å²) >= 11 is 0. The number of hydrogen-bond acceptors (Lipinski definition) is 2. The van der Waals surface area contributed by atoms with Crippen LogP contribution in [0.25, 0.3) is 0 Å². The molecule has 1 heterocycles. The maximum Gasteiger partial charge on any atom is 0.327 e. The zero-order chi connectivity index (χ0) is 7.56. The molecule has 10 heavy (non-hydrogen) atoms. The number of carboxylic acid groups (broad SMARTS) is 1. The van der Waals surface area contributed by atoms with Crippen LogP contribution in [0.3, 0.4) is 0 Å². The third-order valence-corrected chi connectivity index (χ3v) is 1.47. The minimum absolute atomic E-state index is 0.260. The van der Waals surface area contributed by atoms with Crippen LogP contribution in [0.4, 0.5) is 0 Å². The number of hydrogen-bond donors (Lipinski definition) is 1. The Kier molecular flexibility index (Phi) is 2.06. The minimum atomic E-state index is -0.895. The lowest BCUT2D eigenvalue weighted by Gasteiger charge is -1.81. The lowest BCUT2D eigenvalue weighted by atomic mass is 10.2. The van der Waals surface area contributed by atoms with Crippen molar-refractivity contribution >= 4 is 5.97 Å². The van der Waals surface area contributed by atoms with Gasteiger partial charge in [-0.1, -0.05) is 6.08 Å². The second-order valence-electron chi connectivity index (χ2n) is 2.36. The number of carboxylic acids is 1. The lowest BCUT2D eigenvalue weighted by molar-refractivity contribution is -0.131. The summed E-state index contributed by atoms with van der Waals surface area (Å²) in [5.74, 6) is -0.895. The van der Waals surface area contributed by atoms with Crippen LogP contribution in [-0.4, -0.2) is 23.3 Å². The molecule has 2 unspecified atom stereocenters. The van der Waals surface area contributed by atoms with Crippen LogP contribution in [0.2, 0.25) is 0 Å². The molecule has 3 nitrogen and oxygen atoms in total. The zero-order valence-electron chi connectivity index (χ0n) is 5.78. The van der Waals surface area contributed by atoms with Crippen LogP contribution >= 0.6 is 0 Å². The van der Waals surface area contributed by atoms with Crippen molar-refractivity contribution in [1.29, 1.82) is 0 Å². The van der Waals surface area contributed by atoms with E-state index in [0.717, 1.165) is 6.08 Å². The summed E-state index contributed by atoms with van der Waals surface area (Å²) in [4.78, 5) is 9.96. The highest BCUT2D eigenvalue weighted by Gasteiger charge is 2.32. The second-order valence-corrected chi connectivity index (χ2v) is 2.36. The fraction of sp³-hybridized carbons (Fsp3) is 0.571. The van der Waals surface area contributed by atoms with Crippen LogP contribution in [-0.2, 0) is 9.53 Å².